The van der Waals surface area contributed by atoms with Gasteiger partial charge in [0.1, 0.15) is 0 Å². The summed E-state index contributed by atoms with van der Waals surface area (Å²) in [6, 6.07) is 2.18. The second-order valence-electron chi connectivity index (χ2n) is 3.87. The first-order valence-corrected chi connectivity index (χ1v) is 6.52. The van der Waals surface area contributed by atoms with Crippen LogP contribution in [0, 0.1) is 0 Å². The van der Waals surface area contributed by atoms with Crippen LogP contribution in [0.25, 0.3) is 0 Å². The van der Waals surface area contributed by atoms with E-state index in [1.807, 2.05) is 6.92 Å². The molecule has 0 unspecified atom stereocenters. The van der Waals surface area contributed by atoms with Crippen molar-refractivity contribution in [2.45, 2.75) is 40.2 Å². The minimum Gasteiger partial charge on any atom is -0.379 e. The normalized spacial score (nSPS) is 11.0. The van der Waals surface area contributed by atoms with E-state index in [0.717, 1.165) is 31.7 Å². The van der Waals surface area contributed by atoms with Crippen LogP contribution < -0.4 is 0 Å². The van der Waals surface area contributed by atoms with Gasteiger partial charge in [0.15, 0.2) is 0 Å². The molecule has 0 saturated heterocycles. The van der Waals surface area contributed by atoms with Gasteiger partial charge < -0.3 is 9.47 Å². The van der Waals surface area contributed by atoms with Crippen LogP contribution in [0.2, 0.25) is 0 Å². The Labute approximate surface area is 104 Å². The van der Waals surface area contributed by atoms with Crippen molar-refractivity contribution in [3.05, 3.63) is 17.5 Å². The van der Waals surface area contributed by atoms with Crippen LogP contribution in [-0.4, -0.2) is 36.2 Å². The van der Waals surface area contributed by atoms with Crippen LogP contribution in [0.1, 0.15) is 32.2 Å². The summed E-state index contributed by atoms with van der Waals surface area (Å²) in [6.45, 7) is 9.90. The summed E-state index contributed by atoms with van der Waals surface area (Å²) in [4.78, 5) is 0. The van der Waals surface area contributed by atoms with Gasteiger partial charge in [-0.1, -0.05) is 13.8 Å². The van der Waals surface area contributed by atoms with Gasteiger partial charge in [0.05, 0.1) is 32.1 Å². The lowest BCUT2D eigenvalue weighted by Gasteiger charge is -2.07. The van der Waals surface area contributed by atoms with Crippen molar-refractivity contribution < 1.29 is 9.47 Å². The summed E-state index contributed by atoms with van der Waals surface area (Å²) < 4.78 is 12.8. The summed E-state index contributed by atoms with van der Waals surface area (Å²) >= 11 is 0. The fourth-order valence-corrected chi connectivity index (χ4v) is 1.68. The van der Waals surface area contributed by atoms with Crippen molar-refractivity contribution in [1.82, 2.24) is 9.78 Å². The highest BCUT2D eigenvalue weighted by atomic mass is 16.5. The van der Waals surface area contributed by atoms with Crippen LogP contribution in [0.4, 0.5) is 0 Å². The first kappa shape index (κ1) is 14.2. The van der Waals surface area contributed by atoms with Gasteiger partial charge in [0.2, 0.25) is 0 Å². The van der Waals surface area contributed by atoms with E-state index in [4.69, 9.17) is 9.47 Å². The van der Waals surface area contributed by atoms with Gasteiger partial charge in [-0.25, -0.2) is 0 Å². The first-order chi connectivity index (χ1) is 8.31. The molecule has 17 heavy (non-hydrogen) atoms. The average molecular weight is 240 g/mol. The molecule has 0 atom stereocenters. The molecule has 4 heteroatoms. The minimum absolute atomic E-state index is 0.664. The number of ether oxygens (including phenoxy) is 2. The van der Waals surface area contributed by atoms with E-state index in [9.17, 15) is 0 Å². The van der Waals surface area contributed by atoms with Gasteiger partial charge in [-0.3, -0.25) is 4.68 Å². The monoisotopic (exact) mass is 240 g/mol. The molecule has 4 nitrogen and oxygen atoms in total. The van der Waals surface area contributed by atoms with Crippen LogP contribution in [0.3, 0.4) is 0 Å². The Bertz CT molecular complexity index is 310. The largest absolute Gasteiger partial charge is 0.379 e. The molecule has 1 heterocycles. The highest BCUT2D eigenvalue weighted by Crippen LogP contribution is 2.06. The predicted octanol–water partition coefficient (Wildman–Crippen LogP) is 2.06. The molecule has 0 aliphatic carbocycles. The van der Waals surface area contributed by atoms with Crippen molar-refractivity contribution in [1.29, 1.82) is 0 Å². The zero-order valence-corrected chi connectivity index (χ0v) is 11.2. The molecular weight excluding hydrogens is 216 g/mol. The Hall–Kier alpha value is -0.870. The van der Waals surface area contributed by atoms with Crippen molar-refractivity contribution >= 4 is 0 Å². The van der Waals surface area contributed by atoms with Gasteiger partial charge in [-0.15, -0.1) is 0 Å². The number of aromatic nitrogens is 2. The summed E-state index contributed by atoms with van der Waals surface area (Å²) in [5, 5.41) is 4.54. The maximum Gasteiger partial charge on any atom is 0.0701 e. The lowest BCUT2D eigenvalue weighted by atomic mass is 10.3. The quantitative estimate of drug-likeness (QED) is 0.620. The molecule has 0 amide bonds. The molecular formula is C13H24N2O2. The third-order valence-corrected chi connectivity index (χ3v) is 2.66. The van der Waals surface area contributed by atoms with Gasteiger partial charge in [-0.05, 0) is 25.8 Å². The van der Waals surface area contributed by atoms with Crippen molar-refractivity contribution in [2.24, 2.45) is 0 Å². The molecule has 0 bridgehead atoms. The molecule has 0 spiro atoms. The molecule has 0 aromatic carbocycles. The van der Waals surface area contributed by atoms with Gasteiger partial charge in [-0.2, -0.15) is 5.10 Å². The second-order valence-corrected chi connectivity index (χ2v) is 3.87. The minimum atomic E-state index is 0.664. The summed E-state index contributed by atoms with van der Waals surface area (Å²) in [5.41, 5.74) is 2.45. The molecule has 98 valence electrons. The lowest BCUT2D eigenvalue weighted by Crippen LogP contribution is -2.12. The SMILES string of the molecule is CCOCCOCCn1nc(CC)cc1CC. The fraction of sp³-hybridized carbons (Fsp3) is 0.769. The molecule has 0 N–H and O–H groups in total. The molecule has 0 aliphatic rings. The topological polar surface area (TPSA) is 36.3 Å². The van der Waals surface area contributed by atoms with Crippen molar-refractivity contribution in [2.75, 3.05) is 26.4 Å². The Morgan fingerprint density at radius 2 is 1.82 bits per heavy atom. The molecule has 0 saturated carbocycles. The van der Waals surface area contributed by atoms with Crippen molar-refractivity contribution in [3.8, 4) is 0 Å². The maximum absolute atomic E-state index is 5.50. The highest BCUT2D eigenvalue weighted by Gasteiger charge is 2.04. The molecule has 1 rings (SSSR count). The molecule has 1 aromatic heterocycles. The number of rotatable bonds is 9. The standard InChI is InChI=1S/C13H24N2O2/c1-4-12-11-13(5-2)15(14-12)7-8-17-10-9-16-6-3/h11H,4-10H2,1-3H3. The summed E-state index contributed by atoms with van der Waals surface area (Å²) in [5.74, 6) is 0. The van der Waals surface area contributed by atoms with E-state index < -0.39 is 0 Å². The Morgan fingerprint density at radius 1 is 1.06 bits per heavy atom. The van der Waals surface area contributed by atoms with E-state index in [-0.39, 0.29) is 0 Å². The maximum atomic E-state index is 5.50. The molecule has 1 aromatic rings. The molecule has 0 radical (unpaired) electrons. The smallest absolute Gasteiger partial charge is 0.0701 e. The van der Waals surface area contributed by atoms with Crippen LogP contribution in [-0.2, 0) is 28.9 Å². The Morgan fingerprint density at radius 3 is 2.47 bits per heavy atom. The average Bonchev–Trinajstić information content (AvgIpc) is 2.76. The van der Waals surface area contributed by atoms with Gasteiger partial charge in [0.25, 0.3) is 0 Å². The van der Waals surface area contributed by atoms with E-state index in [1.165, 1.54) is 5.69 Å². The van der Waals surface area contributed by atoms with E-state index >= 15 is 0 Å². The Balaban J connectivity index is 2.28. The fourth-order valence-electron chi connectivity index (χ4n) is 1.68. The number of aryl methyl sites for hydroxylation is 2. The molecule has 0 fully saturated rings. The molecule has 0 aliphatic heterocycles. The van der Waals surface area contributed by atoms with Crippen LogP contribution in [0.15, 0.2) is 6.07 Å². The lowest BCUT2D eigenvalue weighted by molar-refractivity contribution is 0.0485. The number of hydrogen-bond acceptors (Lipinski definition) is 3. The van der Waals surface area contributed by atoms with E-state index in [2.05, 4.69) is 29.7 Å². The van der Waals surface area contributed by atoms with Gasteiger partial charge in [0, 0.05) is 12.3 Å². The highest BCUT2D eigenvalue weighted by molar-refractivity contribution is 5.10. The van der Waals surface area contributed by atoms with Crippen LogP contribution >= 0.6 is 0 Å². The Kier molecular flexibility index (Phi) is 6.89. The summed E-state index contributed by atoms with van der Waals surface area (Å²) in [6.07, 6.45) is 2.01. The summed E-state index contributed by atoms with van der Waals surface area (Å²) in [7, 11) is 0. The number of hydrogen-bond donors (Lipinski definition) is 0. The first-order valence-electron chi connectivity index (χ1n) is 6.52. The number of nitrogens with zero attached hydrogens (tertiary/aromatic N) is 2. The third kappa shape index (κ3) is 4.88. The zero-order valence-electron chi connectivity index (χ0n) is 11.2. The van der Waals surface area contributed by atoms with E-state index in [1.54, 1.807) is 0 Å². The van der Waals surface area contributed by atoms with Crippen molar-refractivity contribution in [3.63, 3.8) is 0 Å². The van der Waals surface area contributed by atoms with E-state index in [0.29, 0.717) is 19.8 Å². The third-order valence-electron chi connectivity index (χ3n) is 2.66. The second kappa shape index (κ2) is 8.25. The predicted molar refractivity (Wildman–Crippen MR) is 68.3 cm³/mol. The van der Waals surface area contributed by atoms with Crippen LogP contribution in [0.5, 0.6) is 0 Å². The zero-order chi connectivity index (χ0) is 12.5. The van der Waals surface area contributed by atoms with Gasteiger partial charge >= 0.3 is 0 Å².